The molecule has 4 heteroatoms. The Morgan fingerprint density at radius 2 is 1.93 bits per heavy atom. The largest absolute Gasteiger partial charge is 0.416 e. The molecule has 1 rings (SSSR count). The molecule has 0 aliphatic rings. The molecule has 0 heterocycles. The van der Waals surface area contributed by atoms with Crippen molar-refractivity contribution in [1.29, 1.82) is 0 Å². The predicted octanol–water partition coefficient (Wildman–Crippen LogP) is 4.65. The van der Waals surface area contributed by atoms with E-state index in [2.05, 4.69) is 6.58 Å². The summed E-state index contributed by atoms with van der Waals surface area (Å²) in [7, 11) is 0. The van der Waals surface area contributed by atoms with Crippen molar-refractivity contribution >= 4 is 11.6 Å². The highest BCUT2D eigenvalue weighted by atomic mass is 35.5. The van der Waals surface area contributed by atoms with Gasteiger partial charge in [0.2, 0.25) is 0 Å². The molecule has 0 saturated carbocycles. The lowest BCUT2D eigenvalue weighted by molar-refractivity contribution is -0.137. The first-order valence-electron chi connectivity index (χ1n) is 4.35. The van der Waals surface area contributed by atoms with Crippen molar-refractivity contribution in [1.82, 2.24) is 0 Å². The summed E-state index contributed by atoms with van der Waals surface area (Å²) in [6.45, 7) is 5.30. The van der Waals surface area contributed by atoms with E-state index < -0.39 is 11.7 Å². The average Bonchev–Trinajstić information content (AvgIpc) is 2.14. The van der Waals surface area contributed by atoms with Crippen LogP contribution < -0.4 is 0 Å². The van der Waals surface area contributed by atoms with E-state index >= 15 is 0 Å². The third-order valence-electron chi connectivity index (χ3n) is 2.13. The zero-order chi connectivity index (χ0) is 11.6. The molecule has 1 aromatic rings. The molecule has 1 aromatic carbocycles. The zero-order valence-corrected chi connectivity index (χ0v) is 8.86. The van der Waals surface area contributed by atoms with Crippen molar-refractivity contribution in [2.75, 3.05) is 0 Å². The fraction of sp³-hybridized carbons (Fsp3) is 0.273. The summed E-state index contributed by atoms with van der Waals surface area (Å²) in [6.07, 6.45) is -2.79. The maximum Gasteiger partial charge on any atom is 0.416 e. The highest BCUT2D eigenvalue weighted by Gasteiger charge is 2.31. The minimum Gasteiger partial charge on any atom is -0.166 e. The Kier molecular flexibility index (Phi) is 3.45. The second-order valence-corrected chi connectivity index (χ2v) is 3.73. The summed E-state index contributed by atoms with van der Waals surface area (Å²) in [5, 5.41) is 0.0912. The molecular formula is C11H10ClF3. The summed E-state index contributed by atoms with van der Waals surface area (Å²) >= 11 is 5.62. The van der Waals surface area contributed by atoms with E-state index in [0.29, 0.717) is 5.56 Å². The summed E-state index contributed by atoms with van der Waals surface area (Å²) in [5.74, 6) is -0.148. The second kappa shape index (κ2) is 4.27. The third-order valence-corrected chi connectivity index (χ3v) is 2.34. The van der Waals surface area contributed by atoms with E-state index in [1.54, 1.807) is 13.0 Å². The van der Waals surface area contributed by atoms with E-state index in [0.717, 1.165) is 12.1 Å². The molecule has 0 aliphatic carbocycles. The van der Waals surface area contributed by atoms with Crippen LogP contribution in [-0.4, -0.2) is 0 Å². The first kappa shape index (κ1) is 12.1. The van der Waals surface area contributed by atoms with Gasteiger partial charge < -0.3 is 0 Å². The maximum atomic E-state index is 12.4. The highest BCUT2D eigenvalue weighted by Crippen LogP contribution is 2.33. The average molecular weight is 235 g/mol. The van der Waals surface area contributed by atoms with Crippen LogP contribution in [0, 0.1) is 0 Å². The SMILES string of the molecule is C=CC(C)c1cc(Cl)cc(C(F)(F)F)c1. The molecule has 0 aromatic heterocycles. The standard InChI is InChI=1S/C11H10ClF3/c1-3-7(2)8-4-9(11(13,14)15)6-10(12)5-8/h3-7H,1H2,2H3. The number of hydrogen-bond donors (Lipinski definition) is 0. The van der Waals surface area contributed by atoms with Crippen LogP contribution >= 0.6 is 11.6 Å². The number of rotatable bonds is 2. The molecule has 0 N–H and O–H groups in total. The monoisotopic (exact) mass is 234 g/mol. The van der Waals surface area contributed by atoms with Crippen LogP contribution in [0.3, 0.4) is 0 Å². The number of halogens is 4. The number of allylic oxidation sites excluding steroid dienone is 1. The van der Waals surface area contributed by atoms with Crippen molar-refractivity contribution in [3.8, 4) is 0 Å². The normalized spacial score (nSPS) is 13.7. The van der Waals surface area contributed by atoms with Gasteiger partial charge in [0.15, 0.2) is 0 Å². The van der Waals surface area contributed by atoms with Crippen LogP contribution in [0.1, 0.15) is 24.0 Å². The topological polar surface area (TPSA) is 0 Å². The Hall–Kier alpha value is -0.960. The number of benzene rings is 1. The molecule has 0 fully saturated rings. The van der Waals surface area contributed by atoms with Crippen LogP contribution in [-0.2, 0) is 6.18 Å². The van der Waals surface area contributed by atoms with Gasteiger partial charge in [-0.15, -0.1) is 6.58 Å². The molecule has 1 unspecified atom stereocenters. The molecule has 0 bridgehead atoms. The van der Waals surface area contributed by atoms with Gasteiger partial charge in [-0.1, -0.05) is 24.6 Å². The first-order valence-corrected chi connectivity index (χ1v) is 4.72. The second-order valence-electron chi connectivity index (χ2n) is 3.30. The fourth-order valence-corrected chi connectivity index (χ4v) is 1.42. The van der Waals surface area contributed by atoms with Crippen molar-refractivity contribution in [2.45, 2.75) is 19.0 Å². The predicted molar refractivity (Wildman–Crippen MR) is 55.1 cm³/mol. The van der Waals surface area contributed by atoms with Crippen LogP contribution in [0.5, 0.6) is 0 Å². The summed E-state index contributed by atoms with van der Waals surface area (Å²) < 4.78 is 37.3. The van der Waals surface area contributed by atoms with Crippen molar-refractivity contribution in [3.05, 3.63) is 47.0 Å². The van der Waals surface area contributed by atoms with Crippen LogP contribution in [0.2, 0.25) is 5.02 Å². The fourth-order valence-electron chi connectivity index (χ4n) is 1.17. The lowest BCUT2D eigenvalue weighted by Gasteiger charge is -2.12. The van der Waals surface area contributed by atoms with Gasteiger partial charge in [-0.05, 0) is 29.7 Å². The van der Waals surface area contributed by atoms with Gasteiger partial charge >= 0.3 is 6.18 Å². The van der Waals surface area contributed by atoms with Gasteiger partial charge in [0.05, 0.1) is 5.56 Å². The van der Waals surface area contributed by atoms with E-state index in [9.17, 15) is 13.2 Å². The zero-order valence-electron chi connectivity index (χ0n) is 8.11. The maximum absolute atomic E-state index is 12.4. The summed E-state index contributed by atoms with van der Waals surface area (Å²) in [5.41, 5.74) is -0.205. The molecule has 1 atom stereocenters. The van der Waals surface area contributed by atoms with Crippen LogP contribution in [0.15, 0.2) is 30.9 Å². The minimum atomic E-state index is -4.36. The molecule has 0 saturated heterocycles. The van der Waals surface area contributed by atoms with E-state index in [1.807, 2.05) is 0 Å². The Morgan fingerprint density at radius 3 is 2.40 bits per heavy atom. The molecule has 82 valence electrons. The number of alkyl halides is 3. The molecule has 0 nitrogen and oxygen atoms in total. The molecule has 0 radical (unpaired) electrons. The van der Waals surface area contributed by atoms with E-state index in [1.165, 1.54) is 6.07 Å². The molecule has 0 amide bonds. The van der Waals surface area contributed by atoms with Gasteiger partial charge in [-0.3, -0.25) is 0 Å². The van der Waals surface area contributed by atoms with Gasteiger partial charge in [-0.2, -0.15) is 13.2 Å². The van der Waals surface area contributed by atoms with Crippen LogP contribution in [0.25, 0.3) is 0 Å². The quantitative estimate of drug-likeness (QED) is 0.654. The third kappa shape index (κ3) is 2.99. The smallest absolute Gasteiger partial charge is 0.166 e. The molecule has 0 aliphatic heterocycles. The molecule has 15 heavy (non-hydrogen) atoms. The van der Waals surface area contributed by atoms with Gasteiger partial charge in [0, 0.05) is 5.02 Å². The lowest BCUT2D eigenvalue weighted by Crippen LogP contribution is -2.06. The van der Waals surface area contributed by atoms with E-state index in [-0.39, 0.29) is 10.9 Å². The lowest BCUT2D eigenvalue weighted by atomic mass is 9.99. The number of hydrogen-bond acceptors (Lipinski definition) is 0. The molecular weight excluding hydrogens is 225 g/mol. The minimum absolute atomic E-state index is 0.0912. The van der Waals surface area contributed by atoms with Gasteiger partial charge in [0.25, 0.3) is 0 Å². The Balaban J connectivity index is 3.22. The Labute approximate surface area is 91.4 Å². The van der Waals surface area contributed by atoms with Crippen molar-refractivity contribution in [3.63, 3.8) is 0 Å². The van der Waals surface area contributed by atoms with E-state index in [4.69, 9.17) is 11.6 Å². The van der Waals surface area contributed by atoms with Gasteiger partial charge in [-0.25, -0.2) is 0 Å². The first-order chi connectivity index (χ1) is 6.84. The van der Waals surface area contributed by atoms with Crippen LogP contribution in [0.4, 0.5) is 13.2 Å². The Morgan fingerprint density at radius 1 is 1.33 bits per heavy atom. The van der Waals surface area contributed by atoms with Crippen molar-refractivity contribution < 1.29 is 13.2 Å². The van der Waals surface area contributed by atoms with Crippen molar-refractivity contribution in [2.24, 2.45) is 0 Å². The van der Waals surface area contributed by atoms with Gasteiger partial charge in [0.1, 0.15) is 0 Å². The Bertz CT molecular complexity index is 369. The molecule has 0 spiro atoms. The summed E-state index contributed by atoms with van der Waals surface area (Å²) in [6, 6.07) is 3.53. The highest BCUT2D eigenvalue weighted by molar-refractivity contribution is 6.30. The summed E-state index contributed by atoms with van der Waals surface area (Å²) in [4.78, 5) is 0.